The van der Waals surface area contributed by atoms with Gasteiger partial charge in [-0.05, 0) is 103 Å². The van der Waals surface area contributed by atoms with Crippen LogP contribution >= 0.6 is 0 Å². The molecule has 0 spiro atoms. The van der Waals surface area contributed by atoms with Crippen LogP contribution in [-0.2, 0) is 0 Å². The quantitative estimate of drug-likeness (QED) is 0.443. The van der Waals surface area contributed by atoms with E-state index >= 15 is 0 Å². The molecule has 0 nitrogen and oxygen atoms in total. The van der Waals surface area contributed by atoms with Crippen LogP contribution in [0.1, 0.15) is 99.8 Å². The molecule has 0 aromatic heterocycles. The molecule has 5 aliphatic rings. The Balaban J connectivity index is 1.48. The highest BCUT2D eigenvalue weighted by atomic mass is 14.7. The molecule has 2 bridgehead atoms. The summed E-state index contributed by atoms with van der Waals surface area (Å²) in [4.78, 5) is 0. The topological polar surface area (TPSA) is 0 Å². The van der Waals surface area contributed by atoms with Gasteiger partial charge in [-0.3, -0.25) is 0 Å². The first kappa shape index (κ1) is 18.7. The molecule has 0 heterocycles. The number of hydrogen-bond donors (Lipinski definition) is 0. The van der Waals surface area contributed by atoms with Gasteiger partial charge in [-0.15, -0.1) is 0 Å². The van der Waals surface area contributed by atoms with Gasteiger partial charge in [-0.1, -0.05) is 65.5 Å². The van der Waals surface area contributed by atoms with Gasteiger partial charge in [0.05, 0.1) is 0 Å². The summed E-state index contributed by atoms with van der Waals surface area (Å²) in [7, 11) is 0. The van der Waals surface area contributed by atoms with Crippen LogP contribution in [0.5, 0.6) is 0 Å². The van der Waals surface area contributed by atoms with Crippen molar-refractivity contribution in [3.63, 3.8) is 0 Å². The van der Waals surface area contributed by atoms with Crippen molar-refractivity contribution in [3.8, 4) is 0 Å². The van der Waals surface area contributed by atoms with Gasteiger partial charge in [-0.25, -0.2) is 0 Å². The minimum atomic E-state index is 0.515. The predicted molar refractivity (Wildman–Crippen MR) is 115 cm³/mol. The van der Waals surface area contributed by atoms with Crippen molar-refractivity contribution < 1.29 is 0 Å². The van der Waals surface area contributed by atoms with Crippen molar-refractivity contribution >= 4 is 0 Å². The maximum Gasteiger partial charge on any atom is -0.00194 e. The molecule has 27 heavy (non-hydrogen) atoms. The molecule has 0 aliphatic heterocycles. The Morgan fingerprint density at radius 3 is 2.41 bits per heavy atom. The second-order valence-electron chi connectivity index (χ2n) is 12.6. The Hall–Kier alpha value is -0.260. The first-order valence-corrected chi connectivity index (χ1v) is 12.4. The second kappa shape index (κ2) is 5.66. The van der Waals surface area contributed by atoms with E-state index in [1.807, 2.05) is 11.1 Å². The zero-order valence-electron chi connectivity index (χ0n) is 19.2. The molecule has 0 aromatic rings. The van der Waals surface area contributed by atoms with E-state index in [9.17, 15) is 0 Å². The third kappa shape index (κ3) is 2.07. The van der Waals surface area contributed by atoms with Gasteiger partial charge >= 0.3 is 0 Å². The third-order valence-corrected chi connectivity index (χ3v) is 11.8. The molecule has 0 aromatic carbocycles. The average molecular weight is 369 g/mol. The Labute approximate surface area is 169 Å². The van der Waals surface area contributed by atoms with Gasteiger partial charge in [0, 0.05) is 0 Å². The number of fused-ring (bicyclic) bond motifs is 5. The van der Waals surface area contributed by atoms with E-state index in [1.54, 1.807) is 6.42 Å². The van der Waals surface area contributed by atoms with Crippen molar-refractivity contribution in [3.05, 3.63) is 11.1 Å². The van der Waals surface area contributed by atoms with Crippen molar-refractivity contribution in [2.75, 3.05) is 0 Å². The van der Waals surface area contributed by atoms with Gasteiger partial charge in [0.15, 0.2) is 0 Å². The van der Waals surface area contributed by atoms with E-state index in [2.05, 4.69) is 48.5 Å². The Morgan fingerprint density at radius 1 is 1.00 bits per heavy atom. The van der Waals surface area contributed by atoms with Gasteiger partial charge < -0.3 is 0 Å². The smallest absolute Gasteiger partial charge is 0.00194 e. The summed E-state index contributed by atoms with van der Waals surface area (Å²) in [5, 5.41) is 0. The van der Waals surface area contributed by atoms with Crippen molar-refractivity contribution in [2.45, 2.75) is 99.8 Å². The second-order valence-corrected chi connectivity index (χ2v) is 12.6. The van der Waals surface area contributed by atoms with E-state index in [1.165, 1.54) is 44.9 Å². The van der Waals surface area contributed by atoms with Gasteiger partial charge in [0.2, 0.25) is 0 Å². The fourth-order valence-electron chi connectivity index (χ4n) is 10.2. The molecule has 0 amide bonds. The molecule has 152 valence electrons. The normalized spacial score (nSPS) is 53.7. The van der Waals surface area contributed by atoms with Crippen LogP contribution in [0, 0.1) is 57.7 Å². The molecule has 4 saturated carbocycles. The summed E-state index contributed by atoms with van der Waals surface area (Å²) < 4.78 is 0. The summed E-state index contributed by atoms with van der Waals surface area (Å²) in [6.45, 7) is 18.1. The van der Waals surface area contributed by atoms with Crippen LogP contribution in [0.3, 0.4) is 0 Å². The molecule has 0 radical (unpaired) electrons. The minimum Gasteiger partial charge on any atom is -0.0667 e. The summed E-state index contributed by atoms with van der Waals surface area (Å²) >= 11 is 0. The number of hydrogen-bond acceptors (Lipinski definition) is 0. The van der Waals surface area contributed by atoms with Crippen LogP contribution < -0.4 is 0 Å². The Morgan fingerprint density at radius 2 is 1.74 bits per heavy atom. The lowest BCUT2D eigenvalue weighted by molar-refractivity contribution is -0.186. The molecule has 5 rings (SSSR count). The molecule has 4 fully saturated rings. The molecule has 9 unspecified atom stereocenters. The highest BCUT2D eigenvalue weighted by Crippen LogP contribution is 2.77. The van der Waals surface area contributed by atoms with Crippen LogP contribution in [0.15, 0.2) is 11.1 Å². The Bertz CT molecular complexity index is 668. The maximum absolute atomic E-state index is 2.72. The molecule has 0 heteroatoms. The van der Waals surface area contributed by atoms with Gasteiger partial charge in [-0.2, -0.15) is 0 Å². The number of rotatable bonds is 4. The zero-order chi connectivity index (χ0) is 19.4. The zero-order valence-corrected chi connectivity index (χ0v) is 19.2. The average Bonchev–Trinajstić information content (AvgIpc) is 3.22. The summed E-state index contributed by atoms with van der Waals surface area (Å²) in [6.07, 6.45) is 11.9. The largest absolute Gasteiger partial charge is 0.0667 e. The monoisotopic (exact) mass is 368 g/mol. The molecular formula is C27H44. The van der Waals surface area contributed by atoms with Gasteiger partial charge in [0.25, 0.3) is 0 Å². The fraction of sp³-hybridized carbons (Fsp3) is 0.926. The van der Waals surface area contributed by atoms with E-state index in [4.69, 9.17) is 0 Å². The van der Waals surface area contributed by atoms with Crippen LogP contribution in [0.4, 0.5) is 0 Å². The van der Waals surface area contributed by atoms with Gasteiger partial charge in [0.1, 0.15) is 0 Å². The van der Waals surface area contributed by atoms with E-state index < -0.39 is 0 Å². The summed E-state index contributed by atoms with van der Waals surface area (Å²) in [5.74, 6) is 6.96. The fourth-order valence-corrected chi connectivity index (χ4v) is 10.2. The van der Waals surface area contributed by atoms with Crippen LogP contribution in [0.2, 0.25) is 0 Å². The lowest BCUT2D eigenvalue weighted by Gasteiger charge is -2.68. The van der Waals surface area contributed by atoms with E-state index in [0.29, 0.717) is 16.2 Å². The highest BCUT2D eigenvalue weighted by Gasteiger charge is 2.70. The molecule has 9 atom stereocenters. The maximum atomic E-state index is 2.72. The molecule has 0 N–H and O–H groups in total. The SMILES string of the molecule is CCC(C)(C)C1C2CCC(C3(C)C(C)=C4C5CCC(C5)CC43)C2C1(C)CC. The van der Waals surface area contributed by atoms with Crippen molar-refractivity contribution in [1.82, 2.24) is 0 Å². The third-order valence-electron chi connectivity index (χ3n) is 11.8. The van der Waals surface area contributed by atoms with Crippen molar-refractivity contribution in [2.24, 2.45) is 57.7 Å². The summed E-state index contributed by atoms with van der Waals surface area (Å²) in [6, 6.07) is 0. The summed E-state index contributed by atoms with van der Waals surface area (Å²) in [5.41, 5.74) is 5.49. The molecular weight excluding hydrogens is 324 g/mol. The van der Waals surface area contributed by atoms with Crippen LogP contribution in [0.25, 0.3) is 0 Å². The van der Waals surface area contributed by atoms with Crippen LogP contribution in [-0.4, -0.2) is 0 Å². The first-order valence-electron chi connectivity index (χ1n) is 12.4. The highest BCUT2D eigenvalue weighted by molar-refractivity contribution is 5.42. The van der Waals surface area contributed by atoms with Crippen molar-refractivity contribution in [1.29, 1.82) is 0 Å². The van der Waals surface area contributed by atoms with E-state index in [-0.39, 0.29) is 0 Å². The van der Waals surface area contributed by atoms with E-state index in [0.717, 1.165) is 41.4 Å². The predicted octanol–water partition coefficient (Wildman–Crippen LogP) is 7.88. The lowest BCUT2D eigenvalue weighted by atomic mass is 9.36. The standard InChI is InChI=1S/C27H44/c1-8-25(4,5)24-19-12-13-20(23(19)26(24,6)9-2)27(7)16(3)22-18-11-10-17(14-18)15-21(22)27/h17-21,23-24H,8-15H2,1-7H3. The molecule has 0 saturated heterocycles. The Kier molecular flexibility index (Phi) is 3.93. The first-order chi connectivity index (χ1) is 12.7. The molecule has 5 aliphatic carbocycles. The lowest BCUT2D eigenvalue weighted by Crippen LogP contribution is -2.63. The minimum absolute atomic E-state index is 0.515. The number of allylic oxidation sites excluding steroid dienone is 2.